The molecule has 1 unspecified atom stereocenters. The van der Waals surface area contributed by atoms with Crippen LogP contribution in [-0.4, -0.2) is 48.1 Å². The van der Waals surface area contributed by atoms with Gasteiger partial charge in [-0.05, 0) is 73.3 Å². The van der Waals surface area contributed by atoms with Gasteiger partial charge in [0.2, 0.25) is 0 Å². The third-order valence-corrected chi connectivity index (χ3v) is 8.54. The molecule has 1 aliphatic heterocycles. The predicted octanol–water partition coefficient (Wildman–Crippen LogP) is 4.98. The molecule has 45 heavy (non-hydrogen) atoms. The average molecular weight is 610 g/mol. The molecule has 0 radical (unpaired) electrons. The van der Waals surface area contributed by atoms with Crippen LogP contribution in [0.15, 0.2) is 70.5 Å². The van der Waals surface area contributed by atoms with Gasteiger partial charge in [0.15, 0.2) is 0 Å². The Morgan fingerprint density at radius 3 is 2.51 bits per heavy atom. The monoisotopic (exact) mass is 609 g/mol. The predicted molar refractivity (Wildman–Crippen MR) is 173 cm³/mol. The summed E-state index contributed by atoms with van der Waals surface area (Å²) in [4.78, 5) is 33.5. The van der Waals surface area contributed by atoms with Crippen molar-refractivity contribution in [1.29, 1.82) is 0 Å². The second-order valence-corrected chi connectivity index (χ2v) is 12.6. The molecular weight excluding hydrogens is 573 g/mol. The van der Waals surface area contributed by atoms with Gasteiger partial charge in [0.05, 0.1) is 29.6 Å². The van der Waals surface area contributed by atoms with Crippen LogP contribution in [-0.2, 0) is 19.1 Å². The lowest BCUT2D eigenvalue weighted by Crippen LogP contribution is -2.24. The lowest BCUT2D eigenvalue weighted by atomic mass is 9.86. The Morgan fingerprint density at radius 2 is 1.84 bits per heavy atom. The Bertz CT molecular complexity index is 2030. The highest BCUT2D eigenvalue weighted by atomic mass is 19.1. The van der Waals surface area contributed by atoms with E-state index < -0.39 is 18.0 Å². The van der Waals surface area contributed by atoms with Gasteiger partial charge in [0.1, 0.15) is 17.3 Å². The van der Waals surface area contributed by atoms with Gasteiger partial charge in [-0.25, -0.2) is 14.1 Å². The van der Waals surface area contributed by atoms with Crippen molar-refractivity contribution in [3.05, 3.63) is 104 Å². The van der Waals surface area contributed by atoms with Gasteiger partial charge >= 0.3 is 0 Å². The Balaban J connectivity index is 1.39. The first-order valence-electron chi connectivity index (χ1n) is 14.9. The van der Waals surface area contributed by atoms with E-state index in [0.29, 0.717) is 34.1 Å². The molecule has 232 valence electrons. The summed E-state index contributed by atoms with van der Waals surface area (Å²) in [6.45, 7) is 6.50. The molecule has 0 saturated carbocycles. The molecule has 0 spiro atoms. The Labute approximate surface area is 259 Å². The van der Waals surface area contributed by atoms with E-state index in [0.717, 1.165) is 35.2 Å². The number of nitrogens with zero attached hydrogens (tertiary/aromatic N) is 6. The quantitative estimate of drug-likeness (QED) is 0.277. The maximum absolute atomic E-state index is 15.3. The molecule has 0 aliphatic carbocycles. The molecule has 4 heterocycles. The average Bonchev–Trinajstić information content (AvgIpc) is 3.44. The third-order valence-electron chi connectivity index (χ3n) is 8.54. The van der Waals surface area contributed by atoms with Crippen LogP contribution in [0.1, 0.15) is 56.3 Å². The van der Waals surface area contributed by atoms with E-state index in [-0.39, 0.29) is 27.7 Å². The molecule has 11 heteroatoms. The maximum Gasteiger partial charge on any atom is 0.290 e. The maximum atomic E-state index is 15.3. The number of fused-ring (bicyclic) bond motifs is 1. The molecule has 1 saturated heterocycles. The van der Waals surface area contributed by atoms with Crippen LogP contribution in [0, 0.1) is 5.82 Å². The summed E-state index contributed by atoms with van der Waals surface area (Å²) in [7, 11) is 3.64. The number of aryl methyl sites for hydroxylation is 1. The zero-order chi connectivity index (χ0) is 32.0. The number of hydrogen-bond acceptors (Lipinski definition) is 8. The molecule has 6 rings (SSSR count). The Hall–Kier alpha value is -4.74. The number of aliphatic hydroxyl groups is 1. The summed E-state index contributed by atoms with van der Waals surface area (Å²) in [6.07, 6.45) is 5.52. The number of aromatic nitrogens is 5. The summed E-state index contributed by atoms with van der Waals surface area (Å²) < 4.78 is 17.6. The number of likely N-dealkylation sites (tertiary alicyclic amines) is 1. The van der Waals surface area contributed by atoms with E-state index in [1.807, 2.05) is 39.1 Å². The zero-order valence-corrected chi connectivity index (χ0v) is 26.0. The molecule has 0 amide bonds. The van der Waals surface area contributed by atoms with E-state index in [1.165, 1.54) is 24.0 Å². The summed E-state index contributed by atoms with van der Waals surface area (Å²) in [5.74, 6) is -0.124. The van der Waals surface area contributed by atoms with E-state index in [4.69, 9.17) is 0 Å². The fourth-order valence-corrected chi connectivity index (χ4v) is 5.99. The van der Waals surface area contributed by atoms with Crippen LogP contribution >= 0.6 is 0 Å². The Kier molecular flexibility index (Phi) is 7.84. The molecule has 10 nitrogen and oxygen atoms in total. The third kappa shape index (κ3) is 5.65. The second kappa shape index (κ2) is 11.6. The van der Waals surface area contributed by atoms with E-state index in [1.54, 1.807) is 30.3 Å². The van der Waals surface area contributed by atoms with Crippen LogP contribution in [0.3, 0.4) is 0 Å². The standard InChI is InChI=1S/C34H36FN7O3/c1-34(2,3)22-14-21-18-37-42(33(45)31(21)25(35)15-22)29-9-6-8-23(24(29)19-43)26-16-27(32(44)41(5)39-26)38-30-12-11-20(17-36-30)28-10-7-13-40(28)4/h6,8-9,11-12,14-18,28,43H,7,10,13,19H2,1-5H3,(H,36,38). The number of nitrogens with one attached hydrogen (secondary N) is 1. The number of benzene rings is 2. The fraction of sp³-hybridized carbons (Fsp3) is 0.324. The lowest BCUT2D eigenvalue weighted by molar-refractivity contribution is 0.281. The molecule has 1 fully saturated rings. The van der Waals surface area contributed by atoms with Crippen molar-refractivity contribution in [3.63, 3.8) is 0 Å². The summed E-state index contributed by atoms with van der Waals surface area (Å²) in [6, 6.07) is 14.0. The zero-order valence-electron chi connectivity index (χ0n) is 26.0. The van der Waals surface area contributed by atoms with Gasteiger partial charge in [-0.2, -0.15) is 14.9 Å². The Morgan fingerprint density at radius 1 is 1.04 bits per heavy atom. The van der Waals surface area contributed by atoms with Gasteiger partial charge in [0.25, 0.3) is 11.1 Å². The molecule has 2 N–H and O–H groups in total. The van der Waals surface area contributed by atoms with Gasteiger partial charge in [-0.3, -0.25) is 14.5 Å². The van der Waals surface area contributed by atoms with Crippen molar-refractivity contribution in [2.45, 2.75) is 51.7 Å². The van der Waals surface area contributed by atoms with Crippen molar-refractivity contribution in [3.8, 4) is 16.9 Å². The highest BCUT2D eigenvalue weighted by molar-refractivity contribution is 5.83. The second-order valence-electron chi connectivity index (χ2n) is 12.6. The molecule has 3 aromatic heterocycles. The lowest BCUT2D eigenvalue weighted by Gasteiger charge is -2.20. The topological polar surface area (TPSA) is 118 Å². The highest BCUT2D eigenvalue weighted by Crippen LogP contribution is 2.32. The SMILES string of the molecule is CN1CCCC1c1ccc(Nc2cc(-c3cccc(-n4ncc5cc(C(C)(C)C)cc(F)c5c4=O)c3CO)nn(C)c2=O)nc1. The minimum atomic E-state index is -0.647. The summed E-state index contributed by atoms with van der Waals surface area (Å²) in [5, 5.41) is 22.8. The van der Waals surface area contributed by atoms with E-state index >= 15 is 4.39 Å². The summed E-state index contributed by atoms with van der Waals surface area (Å²) >= 11 is 0. The van der Waals surface area contributed by atoms with Crippen molar-refractivity contribution in [2.24, 2.45) is 7.05 Å². The number of aliphatic hydroxyl groups excluding tert-OH is 1. The van der Waals surface area contributed by atoms with Crippen LogP contribution < -0.4 is 16.4 Å². The largest absolute Gasteiger partial charge is 0.392 e. The fourth-order valence-electron chi connectivity index (χ4n) is 5.99. The molecule has 1 atom stereocenters. The first-order chi connectivity index (χ1) is 21.5. The number of pyridine rings is 1. The van der Waals surface area contributed by atoms with Gasteiger partial charge < -0.3 is 10.4 Å². The molecule has 1 aliphatic rings. The highest BCUT2D eigenvalue weighted by Gasteiger charge is 2.23. The van der Waals surface area contributed by atoms with Gasteiger partial charge in [0, 0.05) is 35.8 Å². The van der Waals surface area contributed by atoms with Gasteiger partial charge in [-0.15, -0.1) is 0 Å². The molecular formula is C34H36FN7O3. The van der Waals surface area contributed by atoms with Crippen molar-refractivity contribution < 1.29 is 9.50 Å². The number of hydrogen-bond donors (Lipinski definition) is 2. The van der Waals surface area contributed by atoms with E-state index in [9.17, 15) is 14.7 Å². The molecule has 5 aromatic rings. The smallest absolute Gasteiger partial charge is 0.290 e. The van der Waals surface area contributed by atoms with Gasteiger partial charge in [-0.1, -0.05) is 39.0 Å². The van der Waals surface area contributed by atoms with Crippen molar-refractivity contribution >= 4 is 22.3 Å². The van der Waals surface area contributed by atoms with Crippen molar-refractivity contribution in [1.82, 2.24) is 29.4 Å². The van der Waals surface area contributed by atoms with Crippen LogP contribution in [0.2, 0.25) is 0 Å². The normalized spacial score (nSPS) is 15.6. The van der Waals surface area contributed by atoms with Crippen molar-refractivity contribution in [2.75, 3.05) is 18.9 Å². The van der Waals surface area contributed by atoms with Crippen LogP contribution in [0.5, 0.6) is 0 Å². The van der Waals surface area contributed by atoms with E-state index in [2.05, 4.69) is 32.4 Å². The molecule has 2 aromatic carbocycles. The number of anilines is 2. The first kappa shape index (κ1) is 30.3. The number of rotatable bonds is 6. The first-order valence-corrected chi connectivity index (χ1v) is 14.9. The number of halogens is 1. The minimum absolute atomic E-state index is 0.0860. The van der Waals surface area contributed by atoms with Crippen LogP contribution in [0.4, 0.5) is 15.9 Å². The summed E-state index contributed by atoms with van der Waals surface area (Å²) in [5.41, 5.74) is 2.29. The van der Waals surface area contributed by atoms with Crippen LogP contribution in [0.25, 0.3) is 27.7 Å². The minimum Gasteiger partial charge on any atom is -0.392 e. The molecule has 0 bridgehead atoms.